The molecule has 0 saturated carbocycles. The van der Waals surface area contributed by atoms with Crippen molar-refractivity contribution in [1.82, 2.24) is 9.80 Å². The maximum Gasteiger partial charge on any atom is 0.313 e. The van der Waals surface area contributed by atoms with Crippen molar-refractivity contribution in [2.24, 2.45) is 11.8 Å². The molecule has 2 fully saturated rings. The number of anilines is 1. The Morgan fingerprint density at radius 2 is 1.73 bits per heavy atom. The monoisotopic (exact) mass is 633 g/mol. The number of carbonyl (C=O) groups excluding carboxylic acids is 4. The molecule has 4 aliphatic heterocycles. The molecule has 7 atom stereocenters. The van der Waals surface area contributed by atoms with Crippen LogP contribution in [0.5, 0.6) is 0 Å². The van der Waals surface area contributed by atoms with Gasteiger partial charge in [0.1, 0.15) is 23.7 Å². The molecular formula is C34H36ClN3O7. The second-order valence-electron chi connectivity index (χ2n) is 11.9. The number of likely N-dealkylation sites (N-methyl/N-ethyl adjacent to an activating group) is 1. The van der Waals surface area contributed by atoms with Gasteiger partial charge in [-0.15, -0.1) is 0 Å². The van der Waals surface area contributed by atoms with Gasteiger partial charge in [-0.25, -0.2) is 0 Å². The number of hydrogen-bond acceptors (Lipinski definition) is 7. The van der Waals surface area contributed by atoms with Crippen LogP contribution in [0.2, 0.25) is 5.02 Å². The second kappa shape index (κ2) is 12.4. The number of aliphatic hydroxyl groups excluding tert-OH is 1. The van der Waals surface area contributed by atoms with Gasteiger partial charge in [0.25, 0.3) is 5.91 Å². The zero-order chi connectivity index (χ0) is 31.9. The van der Waals surface area contributed by atoms with Gasteiger partial charge in [0.05, 0.1) is 35.4 Å². The van der Waals surface area contributed by atoms with Crippen molar-refractivity contribution >= 4 is 41.0 Å². The molecule has 1 N–H and O–H groups in total. The lowest BCUT2D eigenvalue weighted by atomic mass is 9.74. The number of cyclic esters (lactones) is 1. The number of likely N-dealkylation sites (tertiary alicyclic amines) is 1. The number of carbonyl (C=O) groups is 4. The summed E-state index contributed by atoms with van der Waals surface area (Å²) in [4.78, 5) is 60.6. The summed E-state index contributed by atoms with van der Waals surface area (Å²) in [5.74, 6) is -3.81. The molecule has 4 heterocycles. The molecule has 2 aromatic carbocycles. The van der Waals surface area contributed by atoms with E-state index in [9.17, 15) is 24.3 Å². The van der Waals surface area contributed by atoms with Gasteiger partial charge in [0.2, 0.25) is 11.8 Å². The van der Waals surface area contributed by atoms with Gasteiger partial charge in [-0.05, 0) is 31.0 Å². The summed E-state index contributed by atoms with van der Waals surface area (Å²) in [5, 5.41) is 10.3. The maximum atomic E-state index is 14.6. The lowest BCUT2D eigenvalue weighted by molar-refractivity contribution is -0.164. The van der Waals surface area contributed by atoms with E-state index in [1.165, 1.54) is 9.80 Å². The van der Waals surface area contributed by atoms with Crippen LogP contribution < -0.4 is 4.90 Å². The summed E-state index contributed by atoms with van der Waals surface area (Å²) < 4.78 is 12.7. The lowest BCUT2D eigenvalue weighted by Crippen LogP contribution is -2.56. The number of amides is 3. The first-order valence-corrected chi connectivity index (χ1v) is 15.6. The topological polar surface area (TPSA) is 117 Å². The number of fused-ring (bicyclic) bond motifs is 2. The van der Waals surface area contributed by atoms with Crippen LogP contribution in [-0.4, -0.2) is 89.1 Å². The highest BCUT2D eigenvalue weighted by molar-refractivity contribution is 6.34. The van der Waals surface area contributed by atoms with Gasteiger partial charge in [0, 0.05) is 26.6 Å². The average molecular weight is 634 g/mol. The molecular weight excluding hydrogens is 598 g/mol. The number of rotatable bonds is 4. The highest BCUT2D eigenvalue weighted by Crippen LogP contribution is 2.56. The molecule has 0 aliphatic carbocycles. The third-order valence-electron chi connectivity index (χ3n) is 9.42. The average Bonchev–Trinajstić information content (AvgIpc) is 3.68. The highest BCUT2D eigenvalue weighted by Gasteiger charge is 2.73. The van der Waals surface area contributed by atoms with E-state index in [0.717, 1.165) is 0 Å². The van der Waals surface area contributed by atoms with Gasteiger partial charge >= 0.3 is 5.97 Å². The zero-order valence-corrected chi connectivity index (χ0v) is 25.9. The van der Waals surface area contributed by atoms with E-state index in [4.69, 9.17) is 21.1 Å². The SMILES string of the molecule is C[C@H]1[C@H](c2ccccc2)OC(=O)[C@@H]2[C@H]3C(=O)N(CCO)[C@H](C(=O)N(c4ccccc4Cl)C/C=C\CCC(=O)N1C)[C@]31C=C[C@H]2O1. The van der Waals surface area contributed by atoms with Crippen molar-refractivity contribution in [1.29, 1.82) is 0 Å². The summed E-state index contributed by atoms with van der Waals surface area (Å²) in [5.41, 5.74) is -0.311. The van der Waals surface area contributed by atoms with Crippen LogP contribution in [0.3, 0.4) is 0 Å². The molecule has 0 radical (unpaired) electrons. The third-order valence-corrected chi connectivity index (χ3v) is 9.74. The fourth-order valence-electron chi connectivity index (χ4n) is 7.09. The molecule has 0 unspecified atom stereocenters. The Morgan fingerprint density at radius 1 is 1.00 bits per heavy atom. The number of aliphatic hydroxyl groups is 1. The minimum Gasteiger partial charge on any atom is -0.455 e. The largest absolute Gasteiger partial charge is 0.455 e. The highest BCUT2D eigenvalue weighted by atomic mass is 35.5. The van der Waals surface area contributed by atoms with Gasteiger partial charge < -0.3 is 29.3 Å². The maximum absolute atomic E-state index is 14.6. The number of halogens is 1. The molecule has 10 nitrogen and oxygen atoms in total. The molecule has 1 spiro atoms. The van der Waals surface area contributed by atoms with Crippen molar-refractivity contribution in [3.05, 3.63) is 89.5 Å². The van der Waals surface area contributed by atoms with Crippen LogP contribution in [0.25, 0.3) is 0 Å². The summed E-state index contributed by atoms with van der Waals surface area (Å²) in [6.07, 6.45) is 6.06. The molecule has 3 amide bonds. The molecule has 6 rings (SSSR count). The molecule has 11 heteroatoms. The van der Waals surface area contributed by atoms with E-state index in [2.05, 4.69) is 0 Å². The Balaban J connectivity index is 1.46. The summed E-state index contributed by atoms with van der Waals surface area (Å²) in [7, 11) is 1.68. The number of β-amino-alcohol motifs (C(OH)–C–C–N with tert-alkyl or cyclic N) is 1. The summed E-state index contributed by atoms with van der Waals surface area (Å²) in [6.45, 7) is 1.42. The van der Waals surface area contributed by atoms with Crippen LogP contribution >= 0.6 is 11.6 Å². The molecule has 4 aliphatic rings. The van der Waals surface area contributed by atoms with Crippen molar-refractivity contribution in [3.8, 4) is 0 Å². The molecule has 0 aromatic heterocycles. The first-order chi connectivity index (χ1) is 21.7. The Bertz CT molecular complexity index is 1550. The van der Waals surface area contributed by atoms with Crippen LogP contribution in [0.15, 0.2) is 78.9 Å². The molecule has 5 bridgehead atoms. The van der Waals surface area contributed by atoms with Crippen LogP contribution in [0.4, 0.5) is 5.69 Å². The van der Waals surface area contributed by atoms with Gasteiger partial charge in [-0.1, -0.05) is 78.4 Å². The first kappa shape index (κ1) is 31.0. The van der Waals surface area contributed by atoms with E-state index < -0.39 is 59.5 Å². The quantitative estimate of drug-likeness (QED) is 0.406. The minimum absolute atomic E-state index is 0.107. The standard InChI is InChI=1S/C34H36ClN3O7/c1-21-29(22-11-5-3-6-12-22)44-33(43)27-25-16-17-34(45-25)28(27)31(41)38(19-20-39)30(34)32(42)37(24-14-9-8-13-23(24)35)18-10-4-7-15-26(40)36(21)2/h3-6,8-14,16-17,21,25,27-30,39H,7,15,18-20H2,1-2H3/b10-4-/t21-,25+,27-,28-,29+,30+,34-/m0/s1. The minimum atomic E-state index is -1.45. The van der Waals surface area contributed by atoms with E-state index in [1.807, 2.05) is 43.3 Å². The molecule has 236 valence electrons. The van der Waals surface area contributed by atoms with Crippen LogP contribution in [0.1, 0.15) is 31.4 Å². The van der Waals surface area contributed by atoms with E-state index in [-0.39, 0.29) is 32.0 Å². The Kier molecular flexibility index (Phi) is 8.56. The number of esters is 1. The van der Waals surface area contributed by atoms with E-state index in [0.29, 0.717) is 22.7 Å². The fourth-order valence-corrected chi connectivity index (χ4v) is 7.33. The smallest absolute Gasteiger partial charge is 0.313 e. The summed E-state index contributed by atoms with van der Waals surface area (Å²) in [6, 6.07) is 14.4. The summed E-state index contributed by atoms with van der Waals surface area (Å²) >= 11 is 6.57. The third kappa shape index (κ3) is 5.24. The van der Waals surface area contributed by atoms with Crippen molar-refractivity contribution in [3.63, 3.8) is 0 Å². The van der Waals surface area contributed by atoms with Gasteiger partial charge in [-0.3, -0.25) is 19.2 Å². The van der Waals surface area contributed by atoms with Gasteiger partial charge in [-0.2, -0.15) is 0 Å². The first-order valence-electron chi connectivity index (χ1n) is 15.2. The zero-order valence-electron chi connectivity index (χ0n) is 25.1. The molecule has 45 heavy (non-hydrogen) atoms. The molecule has 2 aromatic rings. The van der Waals surface area contributed by atoms with Crippen LogP contribution in [-0.2, 0) is 28.7 Å². The lowest BCUT2D eigenvalue weighted by Gasteiger charge is -2.36. The molecule has 2 saturated heterocycles. The number of hydrogen-bond donors (Lipinski definition) is 1. The Labute approximate surface area is 266 Å². The predicted octanol–water partition coefficient (Wildman–Crippen LogP) is 3.30. The van der Waals surface area contributed by atoms with E-state index >= 15 is 0 Å². The Morgan fingerprint density at radius 3 is 2.47 bits per heavy atom. The van der Waals surface area contributed by atoms with Gasteiger partial charge in [0.15, 0.2) is 0 Å². The van der Waals surface area contributed by atoms with Crippen LogP contribution in [0, 0.1) is 11.8 Å². The predicted molar refractivity (Wildman–Crippen MR) is 166 cm³/mol. The fraction of sp³-hybridized carbons (Fsp3) is 0.412. The van der Waals surface area contributed by atoms with Crippen molar-refractivity contribution in [2.75, 3.05) is 31.6 Å². The van der Waals surface area contributed by atoms with Crippen molar-refractivity contribution in [2.45, 2.75) is 49.7 Å². The number of ether oxygens (including phenoxy) is 2. The van der Waals surface area contributed by atoms with E-state index in [1.54, 1.807) is 54.4 Å². The van der Waals surface area contributed by atoms with Crippen molar-refractivity contribution < 1.29 is 33.8 Å². The second-order valence-corrected chi connectivity index (χ2v) is 12.3. The number of nitrogens with zero attached hydrogens (tertiary/aromatic N) is 3. The Hall–Kier alpha value is -3.99. The normalized spacial score (nSPS) is 32.7. The number of allylic oxidation sites excluding steroid dienone is 1. The number of para-hydroxylation sites is 1. The number of benzene rings is 2.